The molecule has 2 amide bonds. The number of likely N-dealkylation sites (tertiary alicyclic amines) is 1. The number of nitrogens with two attached hydrogens (primary N) is 1. The van der Waals surface area contributed by atoms with Gasteiger partial charge in [-0.3, -0.25) is 14.6 Å². The number of hydrogen-bond donors (Lipinski definition) is 3. The maximum atomic E-state index is 15.3. The van der Waals surface area contributed by atoms with Crippen LogP contribution in [-0.2, 0) is 16.1 Å². The van der Waals surface area contributed by atoms with Crippen LogP contribution in [0, 0.1) is 17.6 Å². The first kappa shape index (κ1) is 28.5. The number of nitrogens with one attached hydrogen (secondary N) is 2. The van der Waals surface area contributed by atoms with E-state index in [1.54, 1.807) is 35.6 Å². The number of piperidine rings is 1. The van der Waals surface area contributed by atoms with Gasteiger partial charge in [0, 0.05) is 57.8 Å². The van der Waals surface area contributed by atoms with Crippen LogP contribution >= 0.6 is 0 Å². The van der Waals surface area contributed by atoms with Crippen LogP contribution in [0.4, 0.5) is 26.1 Å². The summed E-state index contributed by atoms with van der Waals surface area (Å²) < 4.78 is 32.1. The minimum absolute atomic E-state index is 0.0132. The molecule has 4 aromatic rings. The fourth-order valence-corrected chi connectivity index (χ4v) is 6.04. The average Bonchev–Trinajstić information content (AvgIpc) is 3.55. The molecule has 0 bridgehead atoms. The number of imidazole rings is 1. The van der Waals surface area contributed by atoms with Crippen molar-refractivity contribution in [3.63, 3.8) is 0 Å². The SMILES string of the molecule is CC(=O)NC1C(C)CN(c2ccncc2Nc2ncc3ccc(-c4c(F)cc(CN5CCCC5=O)cc4F)nn23)CC1N. The van der Waals surface area contributed by atoms with Gasteiger partial charge in [0.25, 0.3) is 0 Å². The van der Waals surface area contributed by atoms with Crippen molar-refractivity contribution < 1.29 is 18.4 Å². The molecule has 0 spiro atoms. The van der Waals surface area contributed by atoms with Gasteiger partial charge in [-0.1, -0.05) is 6.92 Å². The molecule has 2 aliphatic heterocycles. The van der Waals surface area contributed by atoms with E-state index in [9.17, 15) is 9.59 Å². The molecule has 2 aliphatic rings. The van der Waals surface area contributed by atoms with Gasteiger partial charge in [0.2, 0.25) is 17.8 Å². The van der Waals surface area contributed by atoms with E-state index in [1.807, 2.05) is 13.0 Å². The van der Waals surface area contributed by atoms with Crippen LogP contribution < -0.4 is 21.3 Å². The number of anilines is 3. The van der Waals surface area contributed by atoms with Crippen LogP contribution in [0.1, 0.15) is 32.3 Å². The largest absolute Gasteiger partial charge is 0.368 e. The molecular weight excluding hydrogens is 556 g/mol. The van der Waals surface area contributed by atoms with Crippen LogP contribution in [0.2, 0.25) is 0 Å². The molecular formula is C30H33F2N9O2. The van der Waals surface area contributed by atoms with Crippen molar-refractivity contribution in [2.24, 2.45) is 11.7 Å². The fraction of sp³-hybridized carbons (Fsp3) is 0.367. The number of benzene rings is 1. The highest BCUT2D eigenvalue weighted by Crippen LogP contribution is 2.32. The summed E-state index contributed by atoms with van der Waals surface area (Å²) in [7, 11) is 0. The molecule has 3 aromatic heterocycles. The van der Waals surface area contributed by atoms with Crippen LogP contribution in [0.15, 0.2) is 48.9 Å². The number of halogens is 2. The summed E-state index contributed by atoms with van der Waals surface area (Å²) in [6.07, 6.45) is 6.16. The summed E-state index contributed by atoms with van der Waals surface area (Å²) in [5, 5.41) is 10.8. The molecule has 43 heavy (non-hydrogen) atoms. The number of pyridine rings is 1. The van der Waals surface area contributed by atoms with E-state index < -0.39 is 11.6 Å². The molecule has 3 atom stereocenters. The van der Waals surface area contributed by atoms with Gasteiger partial charge in [-0.05, 0) is 48.2 Å². The molecule has 224 valence electrons. The highest BCUT2D eigenvalue weighted by molar-refractivity contribution is 5.78. The Balaban J connectivity index is 1.27. The Labute approximate surface area is 247 Å². The third kappa shape index (κ3) is 5.72. The van der Waals surface area contributed by atoms with E-state index in [2.05, 4.69) is 30.6 Å². The lowest BCUT2D eigenvalue weighted by Gasteiger charge is -2.42. The highest BCUT2D eigenvalue weighted by Gasteiger charge is 2.34. The summed E-state index contributed by atoms with van der Waals surface area (Å²) in [6, 6.07) is 7.20. The smallest absolute Gasteiger partial charge is 0.229 e. The van der Waals surface area contributed by atoms with Crippen LogP contribution in [0.25, 0.3) is 16.8 Å². The van der Waals surface area contributed by atoms with Gasteiger partial charge in [-0.15, -0.1) is 0 Å². The maximum absolute atomic E-state index is 15.3. The predicted molar refractivity (Wildman–Crippen MR) is 157 cm³/mol. The first-order valence-electron chi connectivity index (χ1n) is 14.3. The standard InChI is InChI=1S/C30H33F2N9O2/c1-17-14-40(16-23(33)29(17)36-18(2)42)26-7-8-34-13-25(26)37-30-35-12-20-5-6-24(38-41(20)30)28-21(31)10-19(11-22(28)32)15-39-9-3-4-27(39)43/h5-8,10-13,17,23,29H,3-4,9,14-16,33H2,1-2H3,(H,35,37)(H,36,42). The molecule has 6 rings (SSSR count). The van der Waals surface area contributed by atoms with Gasteiger partial charge in [0.1, 0.15) is 11.6 Å². The molecule has 3 unspecified atom stereocenters. The Morgan fingerprint density at radius 2 is 1.93 bits per heavy atom. The van der Waals surface area contributed by atoms with E-state index >= 15 is 8.78 Å². The van der Waals surface area contributed by atoms with Gasteiger partial charge in [0.05, 0.1) is 40.5 Å². The lowest BCUT2D eigenvalue weighted by atomic mass is 9.89. The molecule has 0 radical (unpaired) electrons. The van der Waals surface area contributed by atoms with Gasteiger partial charge in [0.15, 0.2) is 0 Å². The Bertz CT molecular complexity index is 1660. The van der Waals surface area contributed by atoms with Crippen molar-refractivity contribution in [3.05, 3.63) is 66.1 Å². The molecule has 13 heteroatoms. The monoisotopic (exact) mass is 589 g/mol. The molecule has 0 saturated carbocycles. The quantitative estimate of drug-likeness (QED) is 0.299. The van der Waals surface area contributed by atoms with Crippen molar-refractivity contribution in [1.29, 1.82) is 0 Å². The maximum Gasteiger partial charge on any atom is 0.229 e. The van der Waals surface area contributed by atoms with E-state index in [0.717, 1.165) is 12.1 Å². The second-order valence-corrected chi connectivity index (χ2v) is 11.3. The van der Waals surface area contributed by atoms with Crippen molar-refractivity contribution in [1.82, 2.24) is 29.8 Å². The summed E-state index contributed by atoms with van der Waals surface area (Å²) in [4.78, 5) is 36.1. The van der Waals surface area contributed by atoms with Crippen LogP contribution in [0.3, 0.4) is 0 Å². The number of nitrogens with zero attached hydrogens (tertiary/aromatic N) is 6. The average molecular weight is 590 g/mol. The Kier molecular flexibility index (Phi) is 7.65. The molecule has 1 aromatic carbocycles. The zero-order chi connectivity index (χ0) is 30.2. The number of rotatable bonds is 7. The predicted octanol–water partition coefficient (Wildman–Crippen LogP) is 3.22. The highest BCUT2D eigenvalue weighted by atomic mass is 19.1. The number of fused-ring (bicyclic) bond motifs is 1. The molecule has 11 nitrogen and oxygen atoms in total. The third-order valence-corrected chi connectivity index (χ3v) is 8.06. The summed E-state index contributed by atoms with van der Waals surface area (Å²) >= 11 is 0. The number of aromatic nitrogens is 4. The fourth-order valence-electron chi connectivity index (χ4n) is 6.04. The van der Waals surface area contributed by atoms with Crippen molar-refractivity contribution in [2.45, 2.75) is 45.3 Å². The number of carbonyl (C=O) groups excluding carboxylic acids is 2. The third-order valence-electron chi connectivity index (χ3n) is 8.06. The Hall–Kier alpha value is -4.65. The zero-order valence-electron chi connectivity index (χ0n) is 23.9. The second kappa shape index (κ2) is 11.6. The van der Waals surface area contributed by atoms with E-state index in [1.165, 1.54) is 23.6 Å². The lowest BCUT2D eigenvalue weighted by Crippen LogP contribution is -2.61. The van der Waals surface area contributed by atoms with Crippen LogP contribution in [0.5, 0.6) is 0 Å². The molecule has 2 fully saturated rings. The minimum atomic E-state index is -0.759. The van der Waals surface area contributed by atoms with Gasteiger partial charge >= 0.3 is 0 Å². The number of carbonyl (C=O) groups is 2. The van der Waals surface area contributed by atoms with Gasteiger partial charge in [-0.2, -0.15) is 9.61 Å². The van der Waals surface area contributed by atoms with Gasteiger partial charge in [-0.25, -0.2) is 13.8 Å². The van der Waals surface area contributed by atoms with Crippen molar-refractivity contribution in [2.75, 3.05) is 29.9 Å². The second-order valence-electron chi connectivity index (χ2n) is 11.3. The molecule has 0 aliphatic carbocycles. The molecule has 5 heterocycles. The lowest BCUT2D eigenvalue weighted by molar-refractivity contribution is -0.128. The summed E-state index contributed by atoms with van der Waals surface area (Å²) in [6.45, 7) is 5.45. The first-order chi connectivity index (χ1) is 20.7. The first-order valence-corrected chi connectivity index (χ1v) is 14.3. The molecule has 4 N–H and O–H groups in total. The summed E-state index contributed by atoms with van der Waals surface area (Å²) in [5.74, 6) is -1.21. The topological polar surface area (TPSA) is 134 Å². The van der Waals surface area contributed by atoms with Crippen molar-refractivity contribution >= 4 is 34.7 Å². The molecule has 2 saturated heterocycles. The Morgan fingerprint density at radius 1 is 1.14 bits per heavy atom. The van der Waals surface area contributed by atoms with E-state index in [4.69, 9.17) is 5.73 Å². The van der Waals surface area contributed by atoms with E-state index in [0.29, 0.717) is 48.8 Å². The van der Waals surface area contributed by atoms with Crippen molar-refractivity contribution in [3.8, 4) is 11.3 Å². The normalized spacial score (nSPS) is 20.6. The Morgan fingerprint density at radius 3 is 2.63 bits per heavy atom. The minimum Gasteiger partial charge on any atom is -0.368 e. The number of hydrogen-bond acceptors (Lipinski definition) is 8. The zero-order valence-corrected chi connectivity index (χ0v) is 23.9. The van der Waals surface area contributed by atoms with Crippen LogP contribution in [-0.4, -0.2) is 68.0 Å². The summed E-state index contributed by atoms with van der Waals surface area (Å²) in [5.41, 5.74) is 8.80. The van der Waals surface area contributed by atoms with E-state index in [-0.39, 0.29) is 47.6 Å². The number of amides is 2. The van der Waals surface area contributed by atoms with Gasteiger partial charge < -0.3 is 26.2 Å².